The number of hydrogen-bond acceptors (Lipinski definition) is 2. The van der Waals surface area contributed by atoms with Gasteiger partial charge in [-0.1, -0.05) is 6.58 Å². The predicted molar refractivity (Wildman–Crippen MR) is 74.9 cm³/mol. The van der Waals surface area contributed by atoms with E-state index in [0.29, 0.717) is 0 Å². The Kier molecular flexibility index (Phi) is 7.44. The second kappa shape index (κ2) is 7.70. The number of alkyl halides is 12. The molecule has 28 heavy (non-hydrogen) atoms. The summed E-state index contributed by atoms with van der Waals surface area (Å²) in [5.74, 6) is -41.6. The molecule has 0 fully saturated rings. The van der Waals surface area contributed by atoms with Crippen molar-refractivity contribution in [2.45, 2.75) is 54.5 Å². The third kappa shape index (κ3) is 4.01. The van der Waals surface area contributed by atoms with E-state index in [0.717, 1.165) is 20.8 Å². The maximum absolute atomic E-state index is 13.7. The number of allylic oxidation sites excluding steroid dienone is 1. The van der Waals surface area contributed by atoms with Gasteiger partial charge in [0, 0.05) is 20.6 Å². The Morgan fingerprint density at radius 3 is 1.39 bits per heavy atom. The number of hydrogen-bond donors (Lipinski definition) is 0. The van der Waals surface area contributed by atoms with E-state index in [-0.39, 0.29) is 0 Å². The zero-order valence-corrected chi connectivity index (χ0v) is 15.6. The zero-order chi connectivity index (χ0) is 23.0. The monoisotopic (exact) mass is 460 g/mol. The Morgan fingerprint density at radius 1 is 0.714 bits per heavy atom. The van der Waals surface area contributed by atoms with Crippen LogP contribution in [-0.2, 0) is 8.85 Å². The minimum atomic E-state index is -7.58. The van der Waals surface area contributed by atoms with Gasteiger partial charge in [-0.3, -0.25) is 0 Å². The molecule has 0 rings (SSSR count). The van der Waals surface area contributed by atoms with Gasteiger partial charge in [-0.25, -0.2) is 0 Å². The molecule has 0 aromatic rings. The topological polar surface area (TPSA) is 18.5 Å². The molecule has 0 heterocycles. The lowest BCUT2D eigenvalue weighted by atomic mass is 9.90. The molecule has 0 radical (unpaired) electrons. The van der Waals surface area contributed by atoms with Crippen molar-refractivity contribution in [2.75, 3.05) is 14.2 Å². The highest BCUT2D eigenvalue weighted by Crippen LogP contribution is 2.60. The van der Waals surface area contributed by atoms with Crippen LogP contribution in [-0.4, -0.2) is 58.3 Å². The molecular weight excluding hydrogens is 444 g/mol. The molecule has 0 amide bonds. The molecule has 0 bridgehead atoms. The molecule has 0 aromatic heterocycles. The van der Waals surface area contributed by atoms with Gasteiger partial charge in [-0.05, 0) is 18.7 Å². The van der Waals surface area contributed by atoms with Crippen molar-refractivity contribution in [3.63, 3.8) is 0 Å². The van der Waals surface area contributed by atoms with Crippen LogP contribution in [0.1, 0.15) is 6.42 Å². The molecule has 2 nitrogen and oxygen atoms in total. The fourth-order valence-electron chi connectivity index (χ4n) is 1.79. The maximum atomic E-state index is 13.7. The molecule has 0 saturated heterocycles. The number of halogens is 12. The minimum absolute atomic E-state index is 0.909. The van der Waals surface area contributed by atoms with E-state index in [9.17, 15) is 52.7 Å². The fourth-order valence-corrected chi connectivity index (χ4v) is 3.13. The van der Waals surface area contributed by atoms with Crippen LogP contribution in [0.15, 0.2) is 12.7 Å². The molecule has 0 spiro atoms. The summed E-state index contributed by atoms with van der Waals surface area (Å²) < 4.78 is 170. The van der Waals surface area contributed by atoms with Gasteiger partial charge >= 0.3 is 44.1 Å². The number of rotatable bonds is 11. The summed E-state index contributed by atoms with van der Waals surface area (Å²) in [5.41, 5.74) is 0. The first kappa shape index (κ1) is 27.0. The molecule has 0 saturated carbocycles. The first-order valence-electron chi connectivity index (χ1n) is 7.15. The van der Waals surface area contributed by atoms with Gasteiger partial charge < -0.3 is 8.85 Å². The summed E-state index contributed by atoms with van der Waals surface area (Å²) in [7, 11) is -1.77. The summed E-state index contributed by atoms with van der Waals surface area (Å²) in [6, 6.07) is -1.14. The molecular formula is C13H16F12O2Si. The molecule has 0 atom stereocenters. The van der Waals surface area contributed by atoms with E-state index < -0.39 is 62.6 Å². The third-order valence-corrected chi connectivity index (χ3v) is 6.96. The van der Waals surface area contributed by atoms with Crippen molar-refractivity contribution in [1.82, 2.24) is 0 Å². The molecule has 0 unspecified atom stereocenters. The van der Waals surface area contributed by atoms with E-state index in [1.807, 2.05) is 6.58 Å². The van der Waals surface area contributed by atoms with Crippen LogP contribution >= 0.6 is 0 Å². The van der Waals surface area contributed by atoms with Gasteiger partial charge in [0.25, 0.3) is 0 Å². The maximum Gasteiger partial charge on any atom is 0.385 e. The van der Waals surface area contributed by atoms with E-state index >= 15 is 0 Å². The lowest BCUT2D eigenvalue weighted by Crippen LogP contribution is -2.70. The smallest absolute Gasteiger partial charge is 0.385 e. The first-order chi connectivity index (χ1) is 12.1. The molecule has 0 aromatic carbocycles. The van der Waals surface area contributed by atoms with E-state index in [2.05, 4.69) is 8.85 Å². The van der Waals surface area contributed by atoms with Crippen LogP contribution in [0.25, 0.3) is 0 Å². The highest BCUT2D eigenvalue weighted by atomic mass is 28.4. The Labute approximate surface area is 152 Å². The second-order valence-corrected chi connectivity index (χ2v) is 9.46. The van der Waals surface area contributed by atoms with Crippen molar-refractivity contribution >= 4 is 8.56 Å². The molecule has 0 aliphatic rings. The summed E-state index contributed by atoms with van der Waals surface area (Å²) in [5, 5.41) is 0. The molecule has 0 N–H and O–H groups in total. The van der Waals surface area contributed by atoms with Gasteiger partial charge in [0.15, 0.2) is 0 Å². The lowest BCUT2D eigenvalue weighted by molar-refractivity contribution is -0.420. The largest absolute Gasteiger partial charge is 0.398 e. The summed E-state index contributed by atoms with van der Waals surface area (Å²) in [4.78, 5) is 0. The Bertz CT molecular complexity index is 560. The van der Waals surface area contributed by atoms with Crippen molar-refractivity contribution in [3.8, 4) is 0 Å². The third-order valence-electron chi connectivity index (χ3n) is 4.07. The Balaban J connectivity index is 6.12. The average molecular weight is 460 g/mol. The SMILES string of the molecule is C=CC(F)(F)C(F)(F)C(F)(F)C(F)(F)C(F)(F)C(F)(F)CC[Si](C)(OC)OC. The van der Waals surface area contributed by atoms with Gasteiger partial charge in [0.05, 0.1) is 0 Å². The van der Waals surface area contributed by atoms with E-state index in [4.69, 9.17) is 0 Å². The standard InChI is InChI=1S/C13H16F12O2Si/c1-5-8(14,15)10(18,19)12(22,23)13(24,25)11(20,21)9(16,17)6-7-28(4,26-2)27-3/h5H,1,6-7H2,2-4H3. The summed E-state index contributed by atoms with van der Waals surface area (Å²) in [6.45, 7) is 3.05. The van der Waals surface area contributed by atoms with Gasteiger partial charge in [-0.2, -0.15) is 52.7 Å². The highest BCUT2D eigenvalue weighted by Gasteiger charge is 2.89. The summed E-state index contributed by atoms with van der Waals surface area (Å²) in [6.07, 6.45) is -3.43. The van der Waals surface area contributed by atoms with Crippen molar-refractivity contribution in [2.24, 2.45) is 0 Å². The fraction of sp³-hybridized carbons (Fsp3) is 0.846. The Morgan fingerprint density at radius 2 is 1.07 bits per heavy atom. The van der Waals surface area contributed by atoms with E-state index in [1.54, 1.807) is 0 Å². The summed E-state index contributed by atoms with van der Waals surface area (Å²) >= 11 is 0. The van der Waals surface area contributed by atoms with Gasteiger partial charge in [0.1, 0.15) is 0 Å². The van der Waals surface area contributed by atoms with Crippen molar-refractivity contribution in [3.05, 3.63) is 12.7 Å². The van der Waals surface area contributed by atoms with Crippen molar-refractivity contribution in [1.29, 1.82) is 0 Å². The van der Waals surface area contributed by atoms with Crippen LogP contribution in [0.2, 0.25) is 12.6 Å². The van der Waals surface area contributed by atoms with Crippen LogP contribution < -0.4 is 0 Å². The van der Waals surface area contributed by atoms with Crippen molar-refractivity contribution < 1.29 is 61.5 Å². The normalized spacial score (nSPS) is 15.7. The molecule has 0 aliphatic heterocycles. The molecule has 0 aliphatic carbocycles. The predicted octanol–water partition coefficient (Wildman–Crippen LogP) is 5.74. The van der Waals surface area contributed by atoms with Crippen LogP contribution in [0, 0.1) is 0 Å². The van der Waals surface area contributed by atoms with Crippen LogP contribution in [0.3, 0.4) is 0 Å². The van der Waals surface area contributed by atoms with Gasteiger partial charge in [-0.15, -0.1) is 0 Å². The molecule has 15 heteroatoms. The molecule has 168 valence electrons. The highest BCUT2D eigenvalue weighted by molar-refractivity contribution is 6.65. The zero-order valence-electron chi connectivity index (χ0n) is 14.6. The van der Waals surface area contributed by atoms with Crippen LogP contribution in [0.4, 0.5) is 52.7 Å². The minimum Gasteiger partial charge on any atom is -0.398 e. The Hall–Kier alpha value is -0.963. The lowest BCUT2D eigenvalue weighted by Gasteiger charge is -2.41. The van der Waals surface area contributed by atoms with Gasteiger partial charge in [0.2, 0.25) is 0 Å². The quantitative estimate of drug-likeness (QED) is 0.223. The first-order valence-corrected chi connectivity index (χ1v) is 9.67. The van der Waals surface area contributed by atoms with E-state index in [1.165, 1.54) is 0 Å². The second-order valence-electron chi connectivity index (χ2n) is 5.87. The van der Waals surface area contributed by atoms with Crippen LogP contribution in [0.5, 0.6) is 0 Å². The average Bonchev–Trinajstić information content (AvgIpc) is 2.58.